The molecule has 6 heteroatoms. The Bertz CT molecular complexity index is 691. The second kappa shape index (κ2) is 6.53. The van der Waals surface area contributed by atoms with Crippen molar-refractivity contribution in [1.82, 2.24) is 0 Å². The fourth-order valence-corrected chi connectivity index (χ4v) is 7.71. The number of Topliss-reactive ketones (excluding diaryl/α,β-unsaturated/α-hetero) is 1. The smallest absolute Gasteiger partial charge is 0.203 e. The Hall–Kier alpha value is -0.950. The third-order valence-corrected chi connectivity index (χ3v) is 8.91. The maximum absolute atomic E-state index is 13.6. The molecule has 6 nitrogen and oxygen atoms in total. The number of ketones is 1. The summed E-state index contributed by atoms with van der Waals surface area (Å²) in [5.41, 5.74) is -1.20. The highest BCUT2D eigenvalue weighted by molar-refractivity contribution is 5.99. The van der Waals surface area contributed by atoms with E-state index in [1.54, 1.807) is 7.11 Å². The number of aliphatic hydroxyl groups excluding tert-OH is 2. The van der Waals surface area contributed by atoms with Crippen LogP contribution < -0.4 is 0 Å². The molecule has 4 rings (SSSR count). The van der Waals surface area contributed by atoms with Crippen LogP contribution in [0.25, 0.3) is 0 Å². The summed E-state index contributed by atoms with van der Waals surface area (Å²) in [6.45, 7) is 8.33. The maximum Gasteiger partial charge on any atom is 0.203 e. The summed E-state index contributed by atoms with van der Waals surface area (Å²) < 4.78 is 17.3. The third-order valence-electron chi connectivity index (χ3n) is 8.91. The molecule has 11 atom stereocenters. The molecule has 0 radical (unpaired) electrons. The molecule has 1 saturated heterocycles. The zero-order valence-corrected chi connectivity index (χ0v) is 17.7. The Balaban J connectivity index is 1.92. The van der Waals surface area contributed by atoms with Crippen LogP contribution in [0.3, 0.4) is 0 Å². The molecule has 0 aromatic rings. The Morgan fingerprint density at radius 2 is 1.82 bits per heavy atom. The van der Waals surface area contributed by atoms with Gasteiger partial charge in [-0.1, -0.05) is 27.7 Å². The summed E-state index contributed by atoms with van der Waals surface area (Å²) in [6.07, 6.45) is 0.894. The van der Waals surface area contributed by atoms with E-state index in [2.05, 4.69) is 20.8 Å². The van der Waals surface area contributed by atoms with Crippen molar-refractivity contribution in [3.8, 4) is 0 Å². The second-order valence-corrected chi connectivity index (χ2v) is 9.86. The SMILES string of the molecule is COC1=CC(C)C2CC3OC(O)CC4C(C)C(OC)C(O)C(C2(C)C1=O)C34C. The summed E-state index contributed by atoms with van der Waals surface area (Å²) in [6, 6.07) is 0. The quantitative estimate of drug-likeness (QED) is 0.746. The van der Waals surface area contributed by atoms with Crippen molar-refractivity contribution < 1.29 is 29.2 Å². The van der Waals surface area contributed by atoms with Gasteiger partial charge in [-0.2, -0.15) is 0 Å². The van der Waals surface area contributed by atoms with Crippen molar-refractivity contribution in [1.29, 1.82) is 0 Å². The van der Waals surface area contributed by atoms with Crippen molar-refractivity contribution in [2.24, 2.45) is 40.4 Å². The molecule has 0 bridgehead atoms. The van der Waals surface area contributed by atoms with Gasteiger partial charge in [0.25, 0.3) is 0 Å². The van der Waals surface area contributed by atoms with Gasteiger partial charge in [0.15, 0.2) is 12.0 Å². The lowest BCUT2D eigenvalue weighted by atomic mass is 9.38. The van der Waals surface area contributed by atoms with Crippen LogP contribution in [0.1, 0.15) is 40.5 Å². The van der Waals surface area contributed by atoms with E-state index in [0.717, 1.165) is 0 Å². The molecule has 3 aliphatic carbocycles. The van der Waals surface area contributed by atoms with Gasteiger partial charge in [0.2, 0.25) is 5.78 Å². The summed E-state index contributed by atoms with van der Waals surface area (Å²) in [5.74, 6) is 0.284. The first-order chi connectivity index (χ1) is 13.1. The average Bonchev–Trinajstić information content (AvgIpc) is 2.63. The summed E-state index contributed by atoms with van der Waals surface area (Å²) >= 11 is 0. The zero-order chi connectivity index (χ0) is 20.6. The fraction of sp³-hybridized carbons (Fsp3) is 0.864. The molecule has 11 unspecified atom stereocenters. The highest BCUT2D eigenvalue weighted by atomic mass is 16.6. The van der Waals surface area contributed by atoms with Crippen molar-refractivity contribution in [3.05, 3.63) is 11.8 Å². The average molecular weight is 395 g/mol. The normalized spacial score (nSPS) is 55.8. The minimum atomic E-state index is -0.817. The van der Waals surface area contributed by atoms with Crippen molar-refractivity contribution >= 4 is 5.78 Å². The van der Waals surface area contributed by atoms with E-state index in [1.165, 1.54) is 7.11 Å². The van der Waals surface area contributed by atoms with Crippen LogP contribution in [0, 0.1) is 40.4 Å². The van der Waals surface area contributed by atoms with Crippen LogP contribution in [0.5, 0.6) is 0 Å². The van der Waals surface area contributed by atoms with Crippen LogP contribution in [0.2, 0.25) is 0 Å². The van der Waals surface area contributed by atoms with Crippen LogP contribution in [-0.4, -0.2) is 54.8 Å². The molecule has 0 amide bonds. The number of hydrogen-bond acceptors (Lipinski definition) is 6. The molecule has 28 heavy (non-hydrogen) atoms. The van der Waals surface area contributed by atoms with Gasteiger partial charge >= 0.3 is 0 Å². The second-order valence-electron chi connectivity index (χ2n) is 9.86. The summed E-state index contributed by atoms with van der Waals surface area (Å²) in [4.78, 5) is 13.6. The van der Waals surface area contributed by atoms with Gasteiger partial charge < -0.3 is 24.4 Å². The number of carbonyl (C=O) groups is 1. The molecule has 0 aromatic heterocycles. The number of methoxy groups -OCH3 is 2. The first-order valence-electron chi connectivity index (χ1n) is 10.5. The molecule has 0 spiro atoms. The number of ether oxygens (including phenoxy) is 3. The first kappa shape index (κ1) is 20.3. The van der Waals surface area contributed by atoms with Crippen LogP contribution in [0.4, 0.5) is 0 Å². The number of carbonyl (C=O) groups excluding carboxylic acids is 1. The van der Waals surface area contributed by atoms with Crippen molar-refractivity contribution in [3.63, 3.8) is 0 Å². The highest BCUT2D eigenvalue weighted by Gasteiger charge is 2.72. The summed E-state index contributed by atoms with van der Waals surface area (Å²) in [5, 5.41) is 22.0. The number of aliphatic hydroxyl groups is 2. The number of rotatable bonds is 2. The van der Waals surface area contributed by atoms with Gasteiger partial charge in [-0.15, -0.1) is 0 Å². The predicted octanol–water partition coefficient (Wildman–Crippen LogP) is 2.13. The molecule has 3 fully saturated rings. The predicted molar refractivity (Wildman–Crippen MR) is 102 cm³/mol. The molecule has 4 aliphatic rings. The molecule has 1 aliphatic heterocycles. The number of fused-ring (bicyclic) bond motifs is 2. The van der Waals surface area contributed by atoms with E-state index in [9.17, 15) is 15.0 Å². The number of hydrogen-bond donors (Lipinski definition) is 2. The van der Waals surface area contributed by atoms with Gasteiger partial charge in [-0.25, -0.2) is 0 Å². The molecular formula is C22H34O6. The molecule has 0 aromatic carbocycles. The largest absolute Gasteiger partial charge is 0.493 e. The van der Waals surface area contributed by atoms with Gasteiger partial charge in [0.1, 0.15) is 0 Å². The van der Waals surface area contributed by atoms with Gasteiger partial charge in [-0.05, 0) is 36.2 Å². The minimum Gasteiger partial charge on any atom is -0.493 e. The van der Waals surface area contributed by atoms with E-state index in [1.807, 2.05) is 13.0 Å². The zero-order valence-electron chi connectivity index (χ0n) is 17.7. The van der Waals surface area contributed by atoms with Crippen LogP contribution >= 0.6 is 0 Å². The fourth-order valence-electron chi connectivity index (χ4n) is 7.71. The lowest BCUT2D eigenvalue weighted by Gasteiger charge is -2.69. The lowest BCUT2D eigenvalue weighted by molar-refractivity contribution is -0.326. The van der Waals surface area contributed by atoms with Gasteiger partial charge in [-0.3, -0.25) is 4.79 Å². The molecule has 2 saturated carbocycles. The Labute approximate surface area is 167 Å². The maximum atomic E-state index is 13.6. The Kier molecular flexibility index (Phi) is 4.74. The summed E-state index contributed by atoms with van der Waals surface area (Å²) in [7, 11) is 3.16. The Morgan fingerprint density at radius 1 is 1.14 bits per heavy atom. The van der Waals surface area contributed by atoms with Gasteiger partial charge in [0, 0.05) is 30.3 Å². The van der Waals surface area contributed by atoms with Crippen molar-refractivity contribution in [2.45, 2.75) is 65.1 Å². The molecule has 1 heterocycles. The molecular weight excluding hydrogens is 360 g/mol. The van der Waals surface area contributed by atoms with Crippen LogP contribution in [-0.2, 0) is 19.0 Å². The van der Waals surface area contributed by atoms with E-state index < -0.39 is 23.2 Å². The van der Waals surface area contributed by atoms with E-state index >= 15 is 0 Å². The van der Waals surface area contributed by atoms with Gasteiger partial charge in [0.05, 0.1) is 25.4 Å². The van der Waals surface area contributed by atoms with Crippen LogP contribution in [0.15, 0.2) is 11.8 Å². The topological polar surface area (TPSA) is 85.2 Å². The van der Waals surface area contributed by atoms with E-state index in [0.29, 0.717) is 18.6 Å². The Morgan fingerprint density at radius 3 is 2.43 bits per heavy atom. The lowest BCUT2D eigenvalue weighted by Crippen LogP contribution is -2.74. The van der Waals surface area contributed by atoms with Crippen molar-refractivity contribution in [2.75, 3.05) is 14.2 Å². The molecule has 2 N–H and O–H groups in total. The highest BCUT2D eigenvalue weighted by Crippen LogP contribution is 2.68. The first-order valence-corrected chi connectivity index (χ1v) is 10.5. The standard InChI is InChI=1S/C22H34O6/c1-10-7-14(26-5)20(25)22(4)12(10)8-15-21(3)13(9-16(23)28-15)11(2)18(27-6)17(24)19(21)22/h7,10-13,15-19,23-24H,8-9H2,1-6H3. The van der Waals surface area contributed by atoms with E-state index in [-0.39, 0.29) is 47.6 Å². The monoisotopic (exact) mass is 394 g/mol. The number of allylic oxidation sites excluding steroid dienone is 2. The minimum absolute atomic E-state index is 0.00786. The third kappa shape index (κ3) is 2.32. The molecule has 158 valence electrons. The van der Waals surface area contributed by atoms with E-state index in [4.69, 9.17) is 14.2 Å².